The zero-order valence-corrected chi connectivity index (χ0v) is 14.4. The van der Waals surface area contributed by atoms with Gasteiger partial charge in [0.15, 0.2) is 9.84 Å². The number of aryl methyl sites for hydroxylation is 1. The van der Waals surface area contributed by atoms with Crippen LogP contribution in [0.5, 0.6) is 0 Å². The minimum Gasteiger partial charge on any atom is -0.302 e. The van der Waals surface area contributed by atoms with Crippen LogP contribution < -0.4 is 0 Å². The van der Waals surface area contributed by atoms with Gasteiger partial charge in [-0.2, -0.15) is 5.26 Å². The molecule has 6 heteroatoms. The second-order valence-electron chi connectivity index (χ2n) is 5.97. The fraction of sp³-hybridized carbons (Fsp3) is 0.222. The molecule has 24 heavy (non-hydrogen) atoms. The highest BCUT2D eigenvalue weighted by atomic mass is 35.5. The Morgan fingerprint density at radius 2 is 1.88 bits per heavy atom. The van der Waals surface area contributed by atoms with E-state index in [0.29, 0.717) is 16.9 Å². The van der Waals surface area contributed by atoms with E-state index in [2.05, 4.69) is 0 Å². The highest BCUT2D eigenvalue weighted by Gasteiger charge is 2.72. The molecule has 0 aromatic heterocycles. The van der Waals surface area contributed by atoms with Crippen molar-refractivity contribution < 1.29 is 13.2 Å². The Bertz CT molecular complexity index is 947. The lowest BCUT2D eigenvalue weighted by molar-refractivity contribution is -0.110. The Morgan fingerprint density at radius 3 is 2.42 bits per heavy atom. The Labute approximate surface area is 145 Å². The van der Waals surface area contributed by atoms with Gasteiger partial charge in [0.05, 0.1) is 11.0 Å². The van der Waals surface area contributed by atoms with Crippen molar-refractivity contribution in [1.82, 2.24) is 0 Å². The van der Waals surface area contributed by atoms with Gasteiger partial charge in [-0.05, 0) is 36.8 Å². The van der Waals surface area contributed by atoms with Gasteiger partial charge in [-0.3, -0.25) is 0 Å². The average Bonchev–Trinajstić information content (AvgIpc) is 3.26. The van der Waals surface area contributed by atoms with Crippen LogP contribution in [0.1, 0.15) is 17.0 Å². The Hall–Kier alpha value is -2.16. The van der Waals surface area contributed by atoms with Gasteiger partial charge in [0.1, 0.15) is 17.0 Å². The Kier molecular flexibility index (Phi) is 3.98. The largest absolute Gasteiger partial charge is 0.302 e. The van der Waals surface area contributed by atoms with Crippen LogP contribution >= 0.6 is 11.6 Å². The molecule has 2 aromatic rings. The van der Waals surface area contributed by atoms with Crippen molar-refractivity contribution in [3.8, 4) is 6.07 Å². The molecule has 1 aliphatic carbocycles. The quantitative estimate of drug-likeness (QED) is 0.785. The van der Waals surface area contributed by atoms with Gasteiger partial charge in [-0.25, -0.2) is 8.42 Å². The summed E-state index contributed by atoms with van der Waals surface area (Å²) >= 11 is 5.97. The molecule has 3 atom stereocenters. The van der Waals surface area contributed by atoms with Crippen molar-refractivity contribution in [2.45, 2.75) is 23.0 Å². The molecule has 3 rings (SSSR count). The van der Waals surface area contributed by atoms with Crippen LogP contribution in [0.15, 0.2) is 53.4 Å². The molecule has 1 fully saturated rings. The van der Waals surface area contributed by atoms with Crippen molar-refractivity contribution in [3.05, 3.63) is 64.7 Å². The predicted octanol–water partition coefficient (Wildman–Crippen LogP) is 3.30. The van der Waals surface area contributed by atoms with Crippen molar-refractivity contribution >= 4 is 27.7 Å². The van der Waals surface area contributed by atoms with Gasteiger partial charge >= 0.3 is 0 Å². The summed E-state index contributed by atoms with van der Waals surface area (Å²) in [7, 11) is -3.82. The molecule has 2 aromatic carbocycles. The van der Waals surface area contributed by atoms with Gasteiger partial charge in [-0.15, -0.1) is 0 Å². The summed E-state index contributed by atoms with van der Waals surface area (Å²) in [5.74, 6) is -0.718. The summed E-state index contributed by atoms with van der Waals surface area (Å²) in [5, 5.41) is 8.83. The fourth-order valence-electron chi connectivity index (χ4n) is 3.14. The first-order valence-electron chi connectivity index (χ1n) is 7.30. The SMILES string of the molecule is Cc1ccc(S(=O)(=O)C2C(c3cccc(Cl)c3)C2(C#N)C=O)cc1. The maximum atomic E-state index is 13.0. The second-order valence-corrected chi connectivity index (χ2v) is 8.48. The topological polar surface area (TPSA) is 75.0 Å². The highest BCUT2D eigenvalue weighted by molar-refractivity contribution is 7.92. The molecule has 0 spiro atoms. The third kappa shape index (κ3) is 2.43. The molecule has 1 saturated carbocycles. The Morgan fingerprint density at radius 1 is 1.21 bits per heavy atom. The predicted molar refractivity (Wildman–Crippen MR) is 90.5 cm³/mol. The summed E-state index contributed by atoms with van der Waals surface area (Å²) < 4.78 is 25.9. The van der Waals surface area contributed by atoms with Crippen molar-refractivity contribution in [3.63, 3.8) is 0 Å². The highest BCUT2D eigenvalue weighted by Crippen LogP contribution is 2.62. The van der Waals surface area contributed by atoms with Gasteiger partial charge < -0.3 is 4.79 Å². The summed E-state index contributed by atoms with van der Waals surface area (Å²) in [5.41, 5.74) is -0.0658. The number of carbonyl (C=O) groups is 1. The zero-order chi connectivity index (χ0) is 17.5. The van der Waals surface area contributed by atoms with E-state index in [1.165, 1.54) is 12.1 Å². The number of carbonyl (C=O) groups excluding carboxylic acids is 1. The van der Waals surface area contributed by atoms with Gasteiger partial charge in [0, 0.05) is 10.9 Å². The summed E-state index contributed by atoms with van der Waals surface area (Å²) in [6.07, 6.45) is 0.453. The number of sulfone groups is 1. The number of nitriles is 1. The molecule has 0 N–H and O–H groups in total. The number of halogens is 1. The van der Waals surface area contributed by atoms with E-state index in [0.717, 1.165) is 5.56 Å². The average molecular weight is 360 g/mol. The van der Waals surface area contributed by atoms with E-state index >= 15 is 0 Å². The molecule has 0 heterocycles. The van der Waals surface area contributed by atoms with Crippen molar-refractivity contribution in [1.29, 1.82) is 5.26 Å². The Balaban J connectivity index is 2.10. The maximum Gasteiger partial charge on any atom is 0.183 e. The van der Waals surface area contributed by atoms with Crippen LogP contribution in [-0.2, 0) is 14.6 Å². The van der Waals surface area contributed by atoms with E-state index < -0.39 is 26.4 Å². The molecule has 122 valence electrons. The first-order valence-corrected chi connectivity index (χ1v) is 9.23. The summed E-state index contributed by atoms with van der Waals surface area (Å²) in [4.78, 5) is 11.7. The van der Waals surface area contributed by atoms with Crippen LogP contribution in [0.4, 0.5) is 0 Å². The number of aldehydes is 1. The van der Waals surface area contributed by atoms with E-state index in [1.807, 2.05) is 13.0 Å². The van der Waals surface area contributed by atoms with E-state index in [-0.39, 0.29) is 4.90 Å². The number of rotatable bonds is 4. The zero-order valence-electron chi connectivity index (χ0n) is 12.8. The van der Waals surface area contributed by atoms with Crippen LogP contribution in [0.25, 0.3) is 0 Å². The standard InChI is InChI=1S/C18H14ClNO3S/c1-12-5-7-15(8-6-12)24(22,23)17-16(18(17,10-20)11-21)13-3-2-4-14(19)9-13/h2-9,11,16-17H,1H3. The minimum absolute atomic E-state index is 0.115. The van der Waals surface area contributed by atoms with E-state index in [4.69, 9.17) is 11.6 Å². The van der Waals surface area contributed by atoms with Crippen LogP contribution in [0.2, 0.25) is 5.02 Å². The summed E-state index contributed by atoms with van der Waals surface area (Å²) in [6.45, 7) is 1.85. The normalized spacial score (nSPS) is 25.7. The molecule has 3 unspecified atom stereocenters. The van der Waals surface area contributed by atoms with Gasteiger partial charge in [0.2, 0.25) is 0 Å². The third-order valence-electron chi connectivity index (χ3n) is 4.46. The number of hydrogen-bond donors (Lipinski definition) is 0. The van der Waals surface area contributed by atoms with Crippen LogP contribution in [-0.4, -0.2) is 20.0 Å². The minimum atomic E-state index is -3.82. The number of hydrogen-bond acceptors (Lipinski definition) is 4. The van der Waals surface area contributed by atoms with E-state index in [9.17, 15) is 18.5 Å². The molecule has 0 amide bonds. The lowest BCUT2D eigenvalue weighted by Crippen LogP contribution is -2.16. The second kappa shape index (κ2) is 5.73. The molecule has 1 aliphatic rings. The molecule has 0 bridgehead atoms. The van der Waals surface area contributed by atoms with Gasteiger partial charge in [-0.1, -0.05) is 41.4 Å². The smallest absolute Gasteiger partial charge is 0.183 e. The molecular weight excluding hydrogens is 346 g/mol. The molecule has 0 radical (unpaired) electrons. The third-order valence-corrected chi connectivity index (χ3v) is 6.95. The van der Waals surface area contributed by atoms with Gasteiger partial charge in [0.25, 0.3) is 0 Å². The first-order chi connectivity index (χ1) is 11.4. The van der Waals surface area contributed by atoms with E-state index in [1.54, 1.807) is 36.4 Å². The molecule has 0 saturated heterocycles. The molecule has 4 nitrogen and oxygen atoms in total. The van der Waals surface area contributed by atoms with Crippen molar-refractivity contribution in [2.24, 2.45) is 5.41 Å². The first kappa shape index (κ1) is 16.7. The lowest BCUT2D eigenvalue weighted by atomic mass is 10.0. The fourth-order valence-corrected chi connectivity index (χ4v) is 5.57. The number of nitrogens with zero attached hydrogens (tertiary/aromatic N) is 1. The molecular formula is C18H14ClNO3S. The monoisotopic (exact) mass is 359 g/mol. The maximum absolute atomic E-state index is 13.0. The van der Waals surface area contributed by atoms with Crippen LogP contribution in [0, 0.1) is 23.7 Å². The number of benzene rings is 2. The van der Waals surface area contributed by atoms with Crippen molar-refractivity contribution in [2.75, 3.05) is 0 Å². The summed E-state index contributed by atoms with van der Waals surface area (Å²) in [6, 6.07) is 14.9. The van der Waals surface area contributed by atoms with Crippen LogP contribution in [0.3, 0.4) is 0 Å². The lowest BCUT2D eigenvalue weighted by Gasteiger charge is -2.05. The molecule has 0 aliphatic heterocycles.